The fourth-order valence-electron chi connectivity index (χ4n) is 1.21. The van der Waals surface area contributed by atoms with Gasteiger partial charge in [0.05, 0.1) is 5.75 Å². The van der Waals surface area contributed by atoms with Crippen molar-refractivity contribution in [3.63, 3.8) is 0 Å². The third-order valence-electron chi connectivity index (χ3n) is 1.99. The number of hydrogen-bond acceptors (Lipinski definition) is 3. The predicted octanol–water partition coefficient (Wildman–Crippen LogP) is 2.04. The van der Waals surface area contributed by atoms with E-state index in [1.54, 1.807) is 25.1 Å². The van der Waals surface area contributed by atoms with E-state index in [9.17, 15) is 13.2 Å². The summed E-state index contributed by atoms with van der Waals surface area (Å²) in [5.74, 6) is -0.145. The quantitative estimate of drug-likeness (QED) is 0.654. The Labute approximate surface area is 95.0 Å². The maximum absolute atomic E-state index is 11.4. The first-order chi connectivity index (χ1) is 7.04. The lowest BCUT2D eigenvalue weighted by Crippen LogP contribution is -1.98. The van der Waals surface area contributed by atoms with Crippen LogP contribution >= 0.6 is 11.6 Å². The zero-order valence-electron chi connectivity index (χ0n) is 8.20. The summed E-state index contributed by atoms with van der Waals surface area (Å²) in [5, 5.41) is 0.377. The average molecular weight is 247 g/mol. The third kappa shape index (κ3) is 3.32. The van der Waals surface area contributed by atoms with Crippen LogP contribution in [0.1, 0.15) is 29.3 Å². The minimum atomic E-state index is -2.52. The van der Waals surface area contributed by atoms with Gasteiger partial charge in [-0.25, -0.2) is 8.42 Å². The van der Waals surface area contributed by atoms with Gasteiger partial charge < -0.3 is 0 Å². The smallest absolute Gasteiger partial charge is 0.162 e. The molecule has 0 saturated heterocycles. The number of carbonyl (C=O) groups excluding carboxylic acids is 1. The van der Waals surface area contributed by atoms with Crippen LogP contribution in [0.25, 0.3) is 0 Å². The molecule has 3 nitrogen and oxygen atoms in total. The zero-order valence-corrected chi connectivity index (χ0v) is 9.85. The number of hydrogen-bond donors (Lipinski definition) is 1. The maximum Gasteiger partial charge on any atom is 0.162 e. The van der Waals surface area contributed by atoms with E-state index in [4.69, 9.17) is 11.6 Å². The molecule has 0 aromatic heterocycles. The van der Waals surface area contributed by atoms with E-state index in [0.29, 0.717) is 22.6 Å². The van der Waals surface area contributed by atoms with Crippen molar-refractivity contribution in [1.82, 2.24) is 0 Å². The summed E-state index contributed by atoms with van der Waals surface area (Å²) in [4.78, 5) is 11.4. The molecule has 0 unspecified atom stereocenters. The van der Waals surface area contributed by atoms with Crippen LogP contribution in [0.4, 0.5) is 0 Å². The van der Waals surface area contributed by atoms with Crippen molar-refractivity contribution in [1.29, 1.82) is 0 Å². The third-order valence-corrected chi connectivity index (χ3v) is 2.96. The Bertz CT molecular complexity index is 444. The van der Waals surface area contributed by atoms with E-state index < -0.39 is 10.7 Å². The van der Waals surface area contributed by atoms with Gasteiger partial charge in [-0.2, -0.15) is 0 Å². The molecule has 0 radical (unpaired) electrons. The molecule has 0 saturated carbocycles. The molecule has 0 N–H and O–H groups in total. The number of rotatable bonds is 4. The van der Waals surface area contributed by atoms with Gasteiger partial charge in [0, 0.05) is 17.0 Å². The fraction of sp³-hybridized carbons (Fsp3) is 0.300. The molecule has 0 bridgehead atoms. The number of benzene rings is 1. The van der Waals surface area contributed by atoms with Gasteiger partial charge in [0.2, 0.25) is 0 Å². The molecule has 0 aliphatic heterocycles. The second-order valence-corrected chi connectivity index (χ2v) is 4.46. The van der Waals surface area contributed by atoms with E-state index in [1.807, 2.05) is 0 Å². The molecule has 15 heavy (non-hydrogen) atoms. The van der Waals surface area contributed by atoms with Gasteiger partial charge in [-0.15, -0.1) is 0 Å². The Morgan fingerprint density at radius 3 is 2.60 bits per heavy atom. The van der Waals surface area contributed by atoms with Crippen molar-refractivity contribution in [3.05, 3.63) is 34.3 Å². The lowest BCUT2D eigenvalue weighted by atomic mass is 10.1. The number of halogens is 1. The molecule has 0 fully saturated rings. The number of ketones is 1. The van der Waals surface area contributed by atoms with Crippen molar-refractivity contribution in [2.45, 2.75) is 19.1 Å². The summed E-state index contributed by atoms with van der Waals surface area (Å²) in [7, 11) is -2.52. The first-order valence-corrected chi connectivity index (χ1v) is 6.22. The van der Waals surface area contributed by atoms with Gasteiger partial charge in [0.25, 0.3) is 0 Å². The van der Waals surface area contributed by atoms with Crippen LogP contribution < -0.4 is 0 Å². The minimum absolute atomic E-state index is 0.0194. The highest BCUT2D eigenvalue weighted by atomic mass is 35.5. The molecule has 0 atom stereocenters. The highest BCUT2D eigenvalue weighted by Gasteiger charge is 2.07. The number of Topliss-reactive ketones (excluding diaryl/α,β-unsaturated/α-hetero) is 1. The highest BCUT2D eigenvalue weighted by molar-refractivity contribution is 7.71. The Kier molecular flexibility index (Phi) is 4.29. The first-order valence-electron chi connectivity index (χ1n) is 4.48. The van der Waals surface area contributed by atoms with Crippen LogP contribution in [0.5, 0.6) is 0 Å². The van der Waals surface area contributed by atoms with Crippen LogP contribution in [-0.4, -0.2) is 14.2 Å². The van der Waals surface area contributed by atoms with Crippen LogP contribution in [0.3, 0.4) is 0 Å². The molecule has 0 aliphatic rings. The van der Waals surface area contributed by atoms with E-state index >= 15 is 0 Å². The molecule has 1 rings (SSSR count). The van der Waals surface area contributed by atoms with Crippen LogP contribution in [-0.2, 0) is 16.5 Å². The molecule has 0 aliphatic carbocycles. The van der Waals surface area contributed by atoms with Crippen LogP contribution in [0.15, 0.2) is 18.2 Å². The normalized spacial score (nSPS) is 10.6. The second kappa shape index (κ2) is 5.28. The number of thiol groups is 1. The predicted molar refractivity (Wildman–Crippen MR) is 60.1 cm³/mol. The maximum atomic E-state index is 11.4. The van der Waals surface area contributed by atoms with Crippen LogP contribution in [0.2, 0.25) is 5.02 Å². The van der Waals surface area contributed by atoms with Gasteiger partial charge in [-0.05, 0) is 23.8 Å². The summed E-state index contributed by atoms with van der Waals surface area (Å²) in [6.45, 7) is 1.75. The van der Waals surface area contributed by atoms with Gasteiger partial charge in [-0.1, -0.05) is 18.5 Å². The summed E-state index contributed by atoms with van der Waals surface area (Å²) >= 11 is 5.81. The summed E-state index contributed by atoms with van der Waals surface area (Å²) in [6.07, 6.45) is 0.393. The van der Waals surface area contributed by atoms with Crippen molar-refractivity contribution in [3.8, 4) is 0 Å². The summed E-state index contributed by atoms with van der Waals surface area (Å²) in [6, 6.07) is 4.70. The minimum Gasteiger partial charge on any atom is -0.294 e. The Morgan fingerprint density at radius 1 is 1.40 bits per heavy atom. The van der Waals surface area contributed by atoms with Crippen LogP contribution in [0, 0.1) is 0 Å². The Balaban J connectivity index is 3.10. The zero-order chi connectivity index (χ0) is 11.4. The molecule has 0 spiro atoms. The largest absolute Gasteiger partial charge is 0.294 e. The van der Waals surface area contributed by atoms with Crippen molar-refractivity contribution >= 4 is 28.1 Å². The monoisotopic (exact) mass is 246 g/mol. The Hall–Kier alpha value is -0.870. The van der Waals surface area contributed by atoms with Gasteiger partial charge >= 0.3 is 0 Å². The standard InChI is InChI=1S/C10H11ClO3S/c1-2-10(12)7-3-4-9(11)8(5-7)6-15(13)14/h3-5,15H,2,6H2,1H3. The Morgan fingerprint density at radius 2 is 2.07 bits per heavy atom. The van der Waals surface area contributed by atoms with E-state index in [1.165, 1.54) is 0 Å². The molecule has 1 aromatic carbocycles. The molecule has 5 heteroatoms. The second-order valence-electron chi connectivity index (χ2n) is 3.07. The van der Waals surface area contributed by atoms with Crippen molar-refractivity contribution in [2.75, 3.05) is 0 Å². The molecule has 0 amide bonds. The molecule has 1 aromatic rings. The molecule has 82 valence electrons. The average Bonchev–Trinajstić information content (AvgIpc) is 2.19. The molecule has 0 heterocycles. The highest BCUT2D eigenvalue weighted by Crippen LogP contribution is 2.19. The molecular weight excluding hydrogens is 236 g/mol. The lowest BCUT2D eigenvalue weighted by Gasteiger charge is -2.03. The van der Waals surface area contributed by atoms with E-state index in [-0.39, 0.29) is 11.5 Å². The topological polar surface area (TPSA) is 51.2 Å². The molecular formula is C10H11ClO3S. The van der Waals surface area contributed by atoms with E-state index in [2.05, 4.69) is 0 Å². The van der Waals surface area contributed by atoms with Gasteiger partial charge in [0.15, 0.2) is 5.78 Å². The first kappa shape index (κ1) is 12.2. The lowest BCUT2D eigenvalue weighted by molar-refractivity contribution is 0.0988. The van der Waals surface area contributed by atoms with Crippen molar-refractivity contribution in [2.24, 2.45) is 0 Å². The fourth-order valence-corrected chi connectivity index (χ4v) is 2.03. The summed E-state index contributed by atoms with van der Waals surface area (Å²) < 4.78 is 21.1. The van der Waals surface area contributed by atoms with Gasteiger partial charge in [0.1, 0.15) is 10.7 Å². The number of carbonyl (C=O) groups is 1. The van der Waals surface area contributed by atoms with Gasteiger partial charge in [-0.3, -0.25) is 4.79 Å². The van der Waals surface area contributed by atoms with Crippen molar-refractivity contribution < 1.29 is 13.2 Å². The SMILES string of the molecule is CCC(=O)c1ccc(Cl)c(C[SH](=O)=O)c1. The summed E-state index contributed by atoms with van der Waals surface area (Å²) in [5.41, 5.74) is 0.987. The van der Waals surface area contributed by atoms with E-state index in [0.717, 1.165) is 0 Å².